The van der Waals surface area contributed by atoms with Gasteiger partial charge < -0.3 is 4.90 Å². The molecular formula is C17H12F3N3O4. The number of rotatable bonds is 2. The van der Waals surface area contributed by atoms with E-state index in [9.17, 15) is 32.9 Å². The van der Waals surface area contributed by atoms with Crippen molar-refractivity contribution in [2.75, 3.05) is 16.8 Å². The Morgan fingerprint density at radius 3 is 2.30 bits per heavy atom. The van der Waals surface area contributed by atoms with Gasteiger partial charge in [-0.05, 0) is 24.3 Å². The molecule has 7 nitrogen and oxygen atoms in total. The number of nitro groups is 1. The minimum atomic E-state index is -4.69. The molecule has 2 amide bonds. The first-order valence-electron chi connectivity index (χ1n) is 7.65. The molecule has 0 aromatic heterocycles. The van der Waals surface area contributed by atoms with Crippen molar-refractivity contribution < 1.29 is 27.7 Å². The monoisotopic (exact) mass is 379 g/mol. The fourth-order valence-electron chi connectivity index (χ4n) is 2.83. The van der Waals surface area contributed by atoms with Gasteiger partial charge in [-0.3, -0.25) is 24.6 Å². The molecule has 1 aliphatic rings. The van der Waals surface area contributed by atoms with Crippen LogP contribution in [0.1, 0.15) is 12.0 Å². The maximum atomic E-state index is 13.2. The third-order valence-corrected chi connectivity index (χ3v) is 4.15. The van der Waals surface area contributed by atoms with Crippen LogP contribution in [0.5, 0.6) is 0 Å². The van der Waals surface area contributed by atoms with Crippen molar-refractivity contribution in [3.05, 3.63) is 58.1 Å². The van der Waals surface area contributed by atoms with Crippen LogP contribution in [0.4, 0.5) is 35.9 Å². The second-order valence-electron chi connectivity index (χ2n) is 5.81. The number of hydrogen-bond acceptors (Lipinski definition) is 4. The molecular weight excluding hydrogens is 367 g/mol. The third kappa shape index (κ3) is 3.21. The minimum absolute atomic E-state index is 0.0389. The normalized spacial score (nSPS) is 14.8. The van der Waals surface area contributed by atoms with Crippen LogP contribution in [-0.2, 0) is 15.8 Å². The summed E-state index contributed by atoms with van der Waals surface area (Å²) in [6, 6.07) is 7.72. The molecule has 0 N–H and O–H groups in total. The van der Waals surface area contributed by atoms with Gasteiger partial charge in [0.25, 0.3) is 5.69 Å². The molecule has 27 heavy (non-hydrogen) atoms. The molecule has 0 atom stereocenters. The second-order valence-corrected chi connectivity index (χ2v) is 5.81. The Balaban J connectivity index is 2.32. The van der Waals surface area contributed by atoms with E-state index >= 15 is 0 Å². The van der Waals surface area contributed by atoms with E-state index in [4.69, 9.17) is 0 Å². The molecule has 0 fully saturated rings. The summed E-state index contributed by atoms with van der Waals surface area (Å²) in [6.45, 7) is 0. The molecule has 2 aromatic carbocycles. The average molecular weight is 379 g/mol. The van der Waals surface area contributed by atoms with Crippen molar-refractivity contribution in [3.63, 3.8) is 0 Å². The van der Waals surface area contributed by atoms with Gasteiger partial charge in [0, 0.05) is 13.1 Å². The number of nitrogens with zero attached hydrogens (tertiary/aromatic N) is 3. The number of halogens is 3. The first-order chi connectivity index (χ1) is 12.6. The number of anilines is 3. The number of amides is 2. The number of carbonyl (C=O) groups is 2. The van der Waals surface area contributed by atoms with E-state index in [-0.39, 0.29) is 17.1 Å². The van der Waals surface area contributed by atoms with E-state index in [2.05, 4.69) is 0 Å². The van der Waals surface area contributed by atoms with Gasteiger partial charge in [-0.1, -0.05) is 12.1 Å². The highest BCUT2D eigenvalue weighted by Crippen LogP contribution is 2.43. The van der Waals surface area contributed by atoms with E-state index in [1.807, 2.05) is 0 Å². The standard InChI is InChI=1S/C17H12F3N3O4/c1-21-11-7-6-10(17(18,19)20)8-14(11)22(16(25)9-15(21)24)12-4-2-3-5-13(12)23(26)27/h2-8H,9H2,1H3. The summed E-state index contributed by atoms with van der Waals surface area (Å²) < 4.78 is 39.5. The quantitative estimate of drug-likeness (QED) is 0.453. The van der Waals surface area contributed by atoms with E-state index in [1.165, 1.54) is 25.2 Å². The number of nitro benzene ring substituents is 1. The lowest BCUT2D eigenvalue weighted by atomic mass is 10.1. The highest BCUT2D eigenvalue weighted by Gasteiger charge is 2.37. The fraction of sp³-hybridized carbons (Fsp3) is 0.176. The predicted molar refractivity (Wildman–Crippen MR) is 89.7 cm³/mol. The van der Waals surface area contributed by atoms with Crippen molar-refractivity contribution in [1.82, 2.24) is 0 Å². The van der Waals surface area contributed by atoms with E-state index in [1.54, 1.807) is 0 Å². The number of fused-ring (bicyclic) bond motifs is 1. The smallest absolute Gasteiger partial charge is 0.313 e. The van der Waals surface area contributed by atoms with Crippen LogP contribution in [-0.4, -0.2) is 23.8 Å². The van der Waals surface area contributed by atoms with Crippen LogP contribution in [0.15, 0.2) is 42.5 Å². The van der Waals surface area contributed by atoms with Crippen molar-refractivity contribution >= 4 is 34.6 Å². The molecule has 2 aromatic rings. The zero-order valence-electron chi connectivity index (χ0n) is 13.9. The molecule has 0 saturated carbocycles. The summed E-state index contributed by atoms with van der Waals surface area (Å²) >= 11 is 0. The zero-order chi connectivity index (χ0) is 19.9. The lowest BCUT2D eigenvalue weighted by Crippen LogP contribution is -2.29. The number of carbonyl (C=O) groups excluding carboxylic acids is 2. The molecule has 0 saturated heterocycles. The summed E-state index contributed by atoms with van der Waals surface area (Å²) in [5.74, 6) is -1.50. The average Bonchev–Trinajstić information content (AvgIpc) is 2.69. The van der Waals surface area contributed by atoms with Crippen molar-refractivity contribution in [1.29, 1.82) is 0 Å². The van der Waals surface area contributed by atoms with Gasteiger partial charge in [-0.2, -0.15) is 13.2 Å². The van der Waals surface area contributed by atoms with Gasteiger partial charge in [0.2, 0.25) is 11.8 Å². The van der Waals surface area contributed by atoms with E-state index in [0.717, 1.165) is 28.0 Å². The number of hydrogen-bond donors (Lipinski definition) is 0. The minimum Gasteiger partial charge on any atom is -0.313 e. The lowest BCUT2D eigenvalue weighted by molar-refractivity contribution is -0.384. The highest BCUT2D eigenvalue weighted by atomic mass is 19.4. The summed E-state index contributed by atoms with van der Waals surface area (Å²) in [4.78, 5) is 37.3. The van der Waals surface area contributed by atoms with Crippen LogP contribution >= 0.6 is 0 Å². The summed E-state index contributed by atoms with van der Waals surface area (Å²) in [5.41, 5.74) is -1.93. The van der Waals surface area contributed by atoms with Crippen molar-refractivity contribution in [2.24, 2.45) is 0 Å². The van der Waals surface area contributed by atoms with Crippen LogP contribution in [0.2, 0.25) is 0 Å². The maximum absolute atomic E-state index is 13.2. The molecule has 0 radical (unpaired) electrons. The molecule has 1 heterocycles. The van der Waals surface area contributed by atoms with Gasteiger partial charge in [0.05, 0.1) is 21.9 Å². The molecule has 0 bridgehead atoms. The Morgan fingerprint density at radius 1 is 1.00 bits per heavy atom. The maximum Gasteiger partial charge on any atom is 0.416 e. The van der Waals surface area contributed by atoms with Crippen LogP contribution in [0, 0.1) is 10.1 Å². The molecule has 140 valence electrons. The van der Waals surface area contributed by atoms with Gasteiger partial charge in [0.15, 0.2) is 0 Å². The SMILES string of the molecule is CN1C(=O)CC(=O)N(c2ccccc2[N+](=O)[O-])c2cc(C(F)(F)F)ccc21. The van der Waals surface area contributed by atoms with Crippen molar-refractivity contribution in [3.8, 4) is 0 Å². The second kappa shape index (κ2) is 6.38. The third-order valence-electron chi connectivity index (χ3n) is 4.15. The van der Waals surface area contributed by atoms with Gasteiger partial charge >= 0.3 is 6.18 Å². The molecule has 0 aliphatic carbocycles. The van der Waals surface area contributed by atoms with Gasteiger partial charge in [-0.15, -0.1) is 0 Å². The van der Waals surface area contributed by atoms with E-state index < -0.39 is 40.6 Å². The molecule has 3 rings (SSSR count). The van der Waals surface area contributed by atoms with Crippen LogP contribution < -0.4 is 9.80 Å². The van der Waals surface area contributed by atoms with Gasteiger partial charge in [0.1, 0.15) is 12.1 Å². The Labute approximate surface area is 150 Å². The Kier molecular flexibility index (Phi) is 4.34. The summed E-state index contributed by atoms with van der Waals surface area (Å²) in [6.07, 6.45) is -5.33. The molecule has 10 heteroatoms. The molecule has 1 aliphatic heterocycles. The first kappa shape index (κ1) is 18.4. The number of alkyl halides is 3. The fourth-order valence-corrected chi connectivity index (χ4v) is 2.83. The molecule has 0 spiro atoms. The van der Waals surface area contributed by atoms with Gasteiger partial charge in [-0.25, -0.2) is 0 Å². The Hall–Kier alpha value is -3.43. The van der Waals surface area contributed by atoms with Crippen LogP contribution in [0.25, 0.3) is 0 Å². The summed E-state index contributed by atoms with van der Waals surface area (Å²) in [5, 5.41) is 11.3. The van der Waals surface area contributed by atoms with Crippen molar-refractivity contribution in [2.45, 2.75) is 12.6 Å². The number of para-hydroxylation sites is 2. The highest BCUT2D eigenvalue weighted by molar-refractivity contribution is 6.18. The van der Waals surface area contributed by atoms with Crippen LogP contribution in [0.3, 0.4) is 0 Å². The van der Waals surface area contributed by atoms with E-state index in [0.29, 0.717) is 6.07 Å². The zero-order valence-corrected chi connectivity index (χ0v) is 13.9. The first-order valence-corrected chi connectivity index (χ1v) is 7.65. The topological polar surface area (TPSA) is 83.8 Å². The summed E-state index contributed by atoms with van der Waals surface area (Å²) in [7, 11) is 1.32. The largest absolute Gasteiger partial charge is 0.416 e. The Morgan fingerprint density at radius 2 is 1.67 bits per heavy atom. The number of benzene rings is 2. The molecule has 0 unspecified atom stereocenters. The predicted octanol–water partition coefficient (Wildman–Crippen LogP) is 3.64. The lowest BCUT2D eigenvalue weighted by Gasteiger charge is -2.24. The Bertz CT molecular complexity index is 959.